The van der Waals surface area contributed by atoms with E-state index in [-0.39, 0.29) is 0 Å². The van der Waals surface area contributed by atoms with Crippen LogP contribution in [0.2, 0.25) is 0 Å². The zero-order valence-corrected chi connectivity index (χ0v) is 8.62. The molecular formula is C11H11ClO2. The predicted molar refractivity (Wildman–Crippen MR) is 56.8 cm³/mol. The summed E-state index contributed by atoms with van der Waals surface area (Å²) in [4.78, 5) is 10.7. The number of aryl methyl sites for hydroxylation is 1. The summed E-state index contributed by atoms with van der Waals surface area (Å²) in [5, 5.41) is 0. The molecule has 1 rings (SSSR count). The van der Waals surface area contributed by atoms with Crippen LogP contribution < -0.4 is 0 Å². The monoisotopic (exact) mass is 210 g/mol. The lowest BCUT2D eigenvalue weighted by molar-refractivity contribution is -0.128. The first-order valence-electron chi connectivity index (χ1n) is 4.36. The molecule has 14 heavy (non-hydrogen) atoms. The van der Waals surface area contributed by atoms with Crippen LogP contribution >= 0.6 is 11.9 Å². The van der Waals surface area contributed by atoms with Crippen molar-refractivity contribution in [2.75, 3.05) is 0 Å². The maximum Gasteiger partial charge on any atom is 0.349 e. The molecule has 0 heterocycles. The molecule has 0 N–H and O–H groups in total. The van der Waals surface area contributed by atoms with Crippen LogP contribution in [0.4, 0.5) is 0 Å². The van der Waals surface area contributed by atoms with E-state index in [2.05, 4.69) is 11.2 Å². The van der Waals surface area contributed by atoms with E-state index in [0.29, 0.717) is 0 Å². The molecule has 0 aliphatic heterocycles. The maximum atomic E-state index is 10.7. The topological polar surface area (TPSA) is 26.3 Å². The summed E-state index contributed by atoms with van der Waals surface area (Å²) in [5.74, 6) is -0.564. The minimum Gasteiger partial charge on any atom is -0.344 e. The van der Waals surface area contributed by atoms with Crippen LogP contribution in [0.15, 0.2) is 30.3 Å². The Bertz CT molecular complexity index is 328. The summed E-state index contributed by atoms with van der Waals surface area (Å²) in [6, 6.07) is 7.92. The largest absolute Gasteiger partial charge is 0.349 e. The smallest absolute Gasteiger partial charge is 0.344 e. The van der Waals surface area contributed by atoms with Crippen molar-refractivity contribution in [1.29, 1.82) is 0 Å². The Hall–Kier alpha value is -1.28. The molecule has 0 spiro atoms. The number of benzene rings is 1. The molecule has 0 aliphatic rings. The molecule has 0 aromatic heterocycles. The lowest BCUT2D eigenvalue weighted by Crippen LogP contribution is -1.88. The third-order valence-electron chi connectivity index (χ3n) is 1.88. The summed E-state index contributed by atoms with van der Waals surface area (Å²) in [6.07, 6.45) is 3.95. The molecule has 3 heteroatoms. The van der Waals surface area contributed by atoms with Crippen molar-refractivity contribution in [2.24, 2.45) is 0 Å². The van der Waals surface area contributed by atoms with Crippen molar-refractivity contribution in [1.82, 2.24) is 0 Å². The summed E-state index contributed by atoms with van der Waals surface area (Å²) < 4.78 is 3.96. The molecule has 0 saturated carbocycles. The van der Waals surface area contributed by atoms with Gasteiger partial charge in [-0.25, -0.2) is 4.79 Å². The molecule has 0 unspecified atom stereocenters. The lowest BCUT2D eigenvalue weighted by Gasteiger charge is -1.96. The van der Waals surface area contributed by atoms with E-state index < -0.39 is 5.97 Å². The van der Waals surface area contributed by atoms with E-state index in [1.54, 1.807) is 6.08 Å². The molecule has 0 radical (unpaired) electrons. The highest BCUT2D eigenvalue weighted by molar-refractivity contribution is 6.15. The first-order chi connectivity index (χ1) is 6.76. The van der Waals surface area contributed by atoms with Crippen LogP contribution in [-0.4, -0.2) is 5.97 Å². The van der Waals surface area contributed by atoms with Gasteiger partial charge in [0.25, 0.3) is 0 Å². The van der Waals surface area contributed by atoms with Gasteiger partial charge in [-0.1, -0.05) is 31.2 Å². The van der Waals surface area contributed by atoms with Crippen molar-refractivity contribution < 1.29 is 9.08 Å². The summed E-state index contributed by atoms with van der Waals surface area (Å²) >= 11 is 4.87. The van der Waals surface area contributed by atoms with Crippen molar-refractivity contribution in [3.63, 3.8) is 0 Å². The number of rotatable bonds is 3. The van der Waals surface area contributed by atoms with Crippen LogP contribution in [0.3, 0.4) is 0 Å². The molecule has 0 amide bonds. The number of carbonyl (C=O) groups excluding carboxylic acids is 1. The van der Waals surface area contributed by atoms with Gasteiger partial charge < -0.3 is 4.29 Å². The van der Waals surface area contributed by atoms with Crippen LogP contribution in [0.25, 0.3) is 6.08 Å². The minimum absolute atomic E-state index is 0.564. The summed E-state index contributed by atoms with van der Waals surface area (Å²) in [7, 11) is 0. The Morgan fingerprint density at radius 1 is 1.43 bits per heavy atom. The summed E-state index contributed by atoms with van der Waals surface area (Å²) in [5.41, 5.74) is 2.21. The Morgan fingerprint density at radius 2 is 2.07 bits per heavy atom. The fourth-order valence-electron chi connectivity index (χ4n) is 1.05. The van der Waals surface area contributed by atoms with Crippen molar-refractivity contribution >= 4 is 23.9 Å². The second kappa shape index (κ2) is 5.45. The molecule has 1 aromatic rings. The van der Waals surface area contributed by atoms with Gasteiger partial charge in [-0.3, -0.25) is 0 Å². The average Bonchev–Trinajstić information content (AvgIpc) is 2.26. The Labute approximate surface area is 88.3 Å². The highest BCUT2D eigenvalue weighted by atomic mass is 35.5. The second-order valence-electron chi connectivity index (χ2n) is 2.82. The molecule has 1 aromatic carbocycles. The van der Waals surface area contributed by atoms with E-state index in [0.717, 1.165) is 12.0 Å². The van der Waals surface area contributed by atoms with Crippen molar-refractivity contribution in [3.8, 4) is 0 Å². The second-order valence-corrected chi connectivity index (χ2v) is 2.98. The molecular weight excluding hydrogens is 200 g/mol. The van der Waals surface area contributed by atoms with Gasteiger partial charge in [0.2, 0.25) is 0 Å². The third kappa shape index (κ3) is 3.23. The molecule has 0 fully saturated rings. The van der Waals surface area contributed by atoms with Crippen molar-refractivity contribution in [3.05, 3.63) is 41.5 Å². The van der Waals surface area contributed by atoms with Crippen LogP contribution in [-0.2, 0) is 15.5 Å². The zero-order valence-electron chi connectivity index (χ0n) is 7.87. The predicted octanol–water partition coefficient (Wildman–Crippen LogP) is 2.96. The quantitative estimate of drug-likeness (QED) is 0.717. The first-order valence-corrected chi connectivity index (χ1v) is 4.66. The van der Waals surface area contributed by atoms with Crippen LogP contribution in [0, 0.1) is 0 Å². The zero-order chi connectivity index (χ0) is 10.4. The highest BCUT2D eigenvalue weighted by Gasteiger charge is 1.93. The average molecular weight is 211 g/mol. The maximum absolute atomic E-state index is 10.7. The number of halogens is 1. The SMILES string of the molecule is CCc1ccc(C=CC(=O)OCl)cc1. The van der Waals surface area contributed by atoms with Gasteiger partial charge in [-0.2, -0.15) is 0 Å². The van der Waals surface area contributed by atoms with Gasteiger partial charge in [0.05, 0.1) is 0 Å². The lowest BCUT2D eigenvalue weighted by atomic mass is 10.1. The number of hydrogen-bond acceptors (Lipinski definition) is 2. The van der Waals surface area contributed by atoms with E-state index in [9.17, 15) is 4.79 Å². The van der Waals surface area contributed by atoms with Crippen LogP contribution in [0.5, 0.6) is 0 Å². The van der Waals surface area contributed by atoms with Gasteiger partial charge in [-0.05, 0) is 23.6 Å². The molecule has 0 saturated heterocycles. The van der Waals surface area contributed by atoms with E-state index in [4.69, 9.17) is 11.9 Å². The van der Waals surface area contributed by atoms with E-state index in [1.807, 2.05) is 24.3 Å². The number of carbonyl (C=O) groups is 1. The highest BCUT2D eigenvalue weighted by Crippen LogP contribution is 2.06. The molecule has 0 aliphatic carbocycles. The Balaban J connectivity index is 2.68. The minimum atomic E-state index is -0.564. The van der Waals surface area contributed by atoms with Gasteiger partial charge in [0, 0.05) is 6.08 Å². The van der Waals surface area contributed by atoms with E-state index in [1.165, 1.54) is 11.6 Å². The van der Waals surface area contributed by atoms with E-state index >= 15 is 0 Å². The summed E-state index contributed by atoms with van der Waals surface area (Å²) in [6.45, 7) is 2.09. The molecule has 0 bridgehead atoms. The molecule has 2 nitrogen and oxygen atoms in total. The van der Waals surface area contributed by atoms with Crippen LogP contribution in [0.1, 0.15) is 18.1 Å². The number of hydrogen-bond donors (Lipinski definition) is 0. The van der Waals surface area contributed by atoms with Gasteiger partial charge in [0.1, 0.15) is 11.9 Å². The standard InChI is InChI=1S/C11H11ClO2/c1-2-9-3-5-10(6-4-9)7-8-11(13)14-12/h3-8H,2H2,1H3. The molecule has 0 atom stereocenters. The van der Waals surface area contributed by atoms with Gasteiger partial charge >= 0.3 is 5.97 Å². The van der Waals surface area contributed by atoms with Gasteiger partial charge in [-0.15, -0.1) is 0 Å². The van der Waals surface area contributed by atoms with Crippen molar-refractivity contribution in [2.45, 2.75) is 13.3 Å². The Kier molecular flexibility index (Phi) is 4.20. The fraction of sp³-hybridized carbons (Fsp3) is 0.182. The third-order valence-corrected chi connectivity index (χ3v) is 2.03. The fourth-order valence-corrected chi connectivity index (χ4v) is 1.11. The molecule has 74 valence electrons. The first kappa shape index (κ1) is 10.8. The van der Waals surface area contributed by atoms with Gasteiger partial charge in [0.15, 0.2) is 0 Å². The normalized spacial score (nSPS) is 10.4. The Morgan fingerprint density at radius 3 is 2.57 bits per heavy atom.